The maximum Gasteiger partial charge on any atom is 0.240 e. The number of aromatic nitrogens is 3. The number of anilines is 2. The molecule has 8 heteroatoms. The lowest BCUT2D eigenvalue weighted by atomic mass is 10.1. The van der Waals surface area contributed by atoms with Gasteiger partial charge in [0.15, 0.2) is 0 Å². The molecule has 3 heterocycles. The topological polar surface area (TPSA) is 74.2 Å². The number of nitrogens with zero attached hydrogens (tertiary/aromatic N) is 5. The van der Waals surface area contributed by atoms with Crippen LogP contribution in [-0.2, 0) is 4.79 Å². The van der Waals surface area contributed by atoms with Gasteiger partial charge in [-0.25, -0.2) is 4.98 Å². The number of amides is 1. The van der Waals surface area contributed by atoms with Crippen molar-refractivity contribution in [2.24, 2.45) is 0 Å². The summed E-state index contributed by atoms with van der Waals surface area (Å²) in [6, 6.07) is 10.4. The highest BCUT2D eigenvalue weighted by atomic mass is 32.1. The van der Waals surface area contributed by atoms with Crippen molar-refractivity contribution in [1.82, 2.24) is 20.1 Å². The maximum absolute atomic E-state index is 12.1. The highest BCUT2D eigenvalue weighted by Crippen LogP contribution is 2.23. The number of pyridine rings is 1. The van der Waals surface area contributed by atoms with Crippen LogP contribution in [0.3, 0.4) is 0 Å². The zero-order valence-electron chi connectivity index (χ0n) is 14.6. The molecule has 26 heavy (non-hydrogen) atoms. The number of aryl methyl sites for hydroxylation is 1. The summed E-state index contributed by atoms with van der Waals surface area (Å²) in [5.41, 5.74) is 3.81. The molecule has 1 aromatic carbocycles. The number of hydrogen-bond acceptors (Lipinski definition) is 7. The summed E-state index contributed by atoms with van der Waals surface area (Å²) in [6.45, 7) is 5.86. The molecule has 0 atom stereocenters. The Balaban J connectivity index is 1.37. The van der Waals surface area contributed by atoms with Gasteiger partial charge in [0.05, 0.1) is 12.1 Å². The number of para-hydroxylation sites is 1. The first-order chi connectivity index (χ1) is 12.7. The summed E-state index contributed by atoms with van der Waals surface area (Å²) in [6.07, 6.45) is 0. The lowest BCUT2D eigenvalue weighted by Gasteiger charge is -2.35. The van der Waals surface area contributed by atoms with E-state index in [9.17, 15) is 4.79 Å². The SMILES string of the molecule is Cc1cc2ccccc2nc1N1CCN(CC(=O)Nc2nncs2)CC1. The number of nitrogens with one attached hydrogen (secondary N) is 1. The fourth-order valence-corrected chi connectivity index (χ4v) is 3.70. The van der Waals surface area contributed by atoms with Gasteiger partial charge in [-0.2, -0.15) is 0 Å². The van der Waals surface area contributed by atoms with Gasteiger partial charge in [-0.15, -0.1) is 10.2 Å². The summed E-state index contributed by atoms with van der Waals surface area (Å²) < 4.78 is 0. The Morgan fingerprint density at radius 2 is 2.04 bits per heavy atom. The molecule has 7 nitrogen and oxygen atoms in total. The van der Waals surface area contributed by atoms with E-state index in [1.165, 1.54) is 22.3 Å². The van der Waals surface area contributed by atoms with Gasteiger partial charge in [0.1, 0.15) is 11.3 Å². The molecular formula is C18H20N6OS. The molecule has 1 saturated heterocycles. The molecule has 1 fully saturated rings. The van der Waals surface area contributed by atoms with Crippen molar-refractivity contribution in [1.29, 1.82) is 0 Å². The number of carbonyl (C=O) groups is 1. The normalized spacial score (nSPS) is 15.3. The van der Waals surface area contributed by atoms with Crippen molar-refractivity contribution in [3.8, 4) is 0 Å². The van der Waals surface area contributed by atoms with Crippen LogP contribution in [0.15, 0.2) is 35.8 Å². The monoisotopic (exact) mass is 368 g/mol. The first kappa shape index (κ1) is 16.9. The number of rotatable bonds is 4. The molecule has 1 amide bonds. The number of piperazine rings is 1. The third-order valence-corrected chi connectivity index (χ3v) is 5.14. The minimum atomic E-state index is -0.0461. The Morgan fingerprint density at radius 1 is 1.23 bits per heavy atom. The van der Waals surface area contributed by atoms with Crippen molar-refractivity contribution < 1.29 is 4.79 Å². The molecule has 1 aliphatic rings. The van der Waals surface area contributed by atoms with Gasteiger partial charge in [-0.3, -0.25) is 15.0 Å². The average Bonchev–Trinajstić information content (AvgIpc) is 3.15. The molecule has 134 valence electrons. The summed E-state index contributed by atoms with van der Waals surface area (Å²) in [5, 5.41) is 12.1. The van der Waals surface area contributed by atoms with Crippen LogP contribution in [-0.4, -0.2) is 58.7 Å². The maximum atomic E-state index is 12.1. The van der Waals surface area contributed by atoms with Crippen LogP contribution < -0.4 is 10.2 Å². The second-order valence-corrected chi connectivity index (χ2v) is 7.21. The summed E-state index contributed by atoms with van der Waals surface area (Å²) in [7, 11) is 0. The van der Waals surface area contributed by atoms with Crippen LogP contribution in [0.2, 0.25) is 0 Å². The fraction of sp³-hybridized carbons (Fsp3) is 0.333. The Labute approximate surface area is 155 Å². The highest BCUT2D eigenvalue weighted by molar-refractivity contribution is 7.13. The number of carbonyl (C=O) groups excluding carboxylic acids is 1. The Kier molecular flexibility index (Phi) is 4.77. The van der Waals surface area contributed by atoms with Gasteiger partial charge < -0.3 is 4.90 Å². The fourth-order valence-electron chi connectivity index (χ4n) is 3.24. The van der Waals surface area contributed by atoms with Gasteiger partial charge >= 0.3 is 0 Å². The standard InChI is InChI=1S/C18H20N6OS/c1-13-10-14-4-2-3-5-15(14)20-17(13)24-8-6-23(7-9-24)11-16(25)21-18-22-19-12-26-18/h2-5,10,12H,6-9,11H2,1H3,(H,21,22,25). The van der Waals surface area contributed by atoms with Crippen LogP contribution in [0.5, 0.6) is 0 Å². The molecular weight excluding hydrogens is 348 g/mol. The van der Waals surface area contributed by atoms with Crippen LogP contribution >= 0.6 is 11.3 Å². The first-order valence-corrected chi connectivity index (χ1v) is 9.47. The Morgan fingerprint density at radius 3 is 2.81 bits per heavy atom. The van der Waals surface area contributed by atoms with Crippen molar-refractivity contribution in [2.75, 3.05) is 42.9 Å². The molecule has 3 aromatic rings. The molecule has 2 aromatic heterocycles. The second kappa shape index (κ2) is 7.35. The third kappa shape index (κ3) is 3.66. The van der Waals surface area contributed by atoms with E-state index in [0.717, 1.165) is 37.5 Å². The van der Waals surface area contributed by atoms with E-state index in [1.54, 1.807) is 5.51 Å². The van der Waals surface area contributed by atoms with E-state index in [-0.39, 0.29) is 5.91 Å². The summed E-state index contributed by atoms with van der Waals surface area (Å²) in [5.74, 6) is 0.997. The molecule has 0 spiro atoms. The lowest BCUT2D eigenvalue weighted by molar-refractivity contribution is -0.117. The number of fused-ring (bicyclic) bond motifs is 1. The minimum absolute atomic E-state index is 0.0461. The molecule has 1 N–H and O–H groups in total. The molecule has 0 radical (unpaired) electrons. The van der Waals surface area contributed by atoms with E-state index in [2.05, 4.69) is 44.4 Å². The summed E-state index contributed by atoms with van der Waals surface area (Å²) in [4.78, 5) is 21.4. The van der Waals surface area contributed by atoms with E-state index in [4.69, 9.17) is 4.98 Å². The number of hydrogen-bond donors (Lipinski definition) is 1. The summed E-state index contributed by atoms with van der Waals surface area (Å²) >= 11 is 1.32. The third-order valence-electron chi connectivity index (χ3n) is 4.53. The molecule has 0 unspecified atom stereocenters. The minimum Gasteiger partial charge on any atom is -0.354 e. The average molecular weight is 368 g/mol. The predicted molar refractivity (Wildman–Crippen MR) is 104 cm³/mol. The Bertz CT molecular complexity index is 905. The highest BCUT2D eigenvalue weighted by Gasteiger charge is 2.21. The first-order valence-electron chi connectivity index (χ1n) is 8.59. The molecule has 0 bridgehead atoms. The van der Waals surface area contributed by atoms with Crippen LogP contribution in [0.25, 0.3) is 10.9 Å². The van der Waals surface area contributed by atoms with Crippen LogP contribution in [0, 0.1) is 6.92 Å². The Hall–Kier alpha value is -2.58. The van der Waals surface area contributed by atoms with Crippen molar-refractivity contribution >= 4 is 39.1 Å². The van der Waals surface area contributed by atoms with Gasteiger partial charge in [-0.05, 0) is 24.6 Å². The number of benzene rings is 1. The zero-order valence-corrected chi connectivity index (χ0v) is 15.4. The zero-order chi connectivity index (χ0) is 17.9. The molecule has 4 rings (SSSR count). The second-order valence-electron chi connectivity index (χ2n) is 6.38. The largest absolute Gasteiger partial charge is 0.354 e. The van der Waals surface area contributed by atoms with E-state index in [0.29, 0.717) is 11.7 Å². The van der Waals surface area contributed by atoms with Gasteiger partial charge in [-0.1, -0.05) is 29.5 Å². The van der Waals surface area contributed by atoms with Gasteiger partial charge in [0.2, 0.25) is 11.0 Å². The van der Waals surface area contributed by atoms with Crippen LogP contribution in [0.4, 0.5) is 10.9 Å². The van der Waals surface area contributed by atoms with Crippen LogP contribution in [0.1, 0.15) is 5.56 Å². The van der Waals surface area contributed by atoms with Gasteiger partial charge in [0.25, 0.3) is 0 Å². The van der Waals surface area contributed by atoms with Crippen molar-refractivity contribution in [2.45, 2.75) is 6.92 Å². The van der Waals surface area contributed by atoms with Crippen molar-refractivity contribution in [3.05, 3.63) is 41.4 Å². The molecule has 1 aliphatic heterocycles. The predicted octanol–water partition coefficient (Wildman–Crippen LogP) is 2.16. The van der Waals surface area contributed by atoms with E-state index < -0.39 is 0 Å². The van der Waals surface area contributed by atoms with E-state index in [1.807, 2.05) is 18.2 Å². The molecule has 0 saturated carbocycles. The lowest BCUT2D eigenvalue weighted by Crippen LogP contribution is -2.49. The smallest absolute Gasteiger partial charge is 0.240 e. The van der Waals surface area contributed by atoms with Gasteiger partial charge in [0, 0.05) is 31.6 Å². The molecule has 0 aliphatic carbocycles. The van der Waals surface area contributed by atoms with E-state index >= 15 is 0 Å². The van der Waals surface area contributed by atoms with Crippen molar-refractivity contribution in [3.63, 3.8) is 0 Å². The quantitative estimate of drug-likeness (QED) is 0.761.